The van der Waals surface area contributed by atoms with E-state index in [1.165, 1.54) is 0 Å². The summed E-state index contributed by atoms with van der Waals surface area (Å²) in [6.45, 7) is 10.8. The first-order valence-corrected chi connectivity index (χ1v) is 18.0. The lowest BCUT2D eigenvalue weighted by Gasteiger charge is -2.49. The number of ether oxygens (including phenoxy) is 2. The van der Waals surface area contributed by atoms with E-state index >= 15 is 0 Å². The van der Waals surface area contributed by atoms with Gasteiger partial charge in [-0.15, -0.1) is 0 Å². The Labute approximate surface area is 278 Å². The highest BCUT2D eigenvalue weighted by molar-refractivity contribution is 5.91. The van der Waals surface area contributed by atoms with Gasteiger partial charge in [0.2, 0.25) is 5.88 Å². The van der Waals surface area contributed by atoms with E-state index in [4.69, 9.17) is 24.0 Å². The average Bonchev–Trinajstić information content (AvgIpc) is 3.78. The quantitative estimate of drug-likeness (QED) is 0.378. The van der Waals surface area contributed by atoms with Gasteiger partial charge >= 0.3 is 6.09 Å². The molecule has 11 nitrogen and oxygen atoms in total. The second-order valence-electron chi connectivity index (χ2n) is 15.8. The number of likely N-dealkylation sites (N-methyl/N-ethyl adjacent to an activating group) is 1. The molecule has 2 saturated heterocycles. The van der Waals surface area contributed by atoms with Gasteiger partial charge in [-0.3, -0.25) is 14.6 Å². The van der Waals surface area contributed by atoms with Crippen LogP contribution in [-0.2, 0) is 21.4 Å². The van der Waals surface area contributed by atoms with E-state index in [-0.39, 0.29) is 23.5 Å². The summed E-state index contributed by atoms with van der Waals surface area (Å²) in [6, 6.07) is 2.27. The first-order valence-electron chi connectivity index (χ1n) is 18.0. The Bertz CT molecular complexity index is 1490. The number of hydrogen-bond acceptors (Lipinski definition) is 10. The SMILES string of the molecule is C[C@H](Oc1cc(N2CCN(C(=O)OC(C)(C)C)C3(CCCC3)C2)nc(-c2noc3c2CCC[C@@]32CCCCC2=O)n1)[C@@H]1CCCN1C. The molecule has 0 aromatic carbocycles. The largest absolute Gasteiger partial charge is 0.473 e. The summed E-state index contributed by atoms with van der Waals surface area (Å²) >= 11 is 0. The Morgan fingerprint density at radius 1 is 1.00 bits per heavy atom. The standard InChI is InChI=1S/C36H52N6O5/c1-24(26-13-11-19-40(26)5)45-29-22-28(41-20-21-42(33(44)46-34(2,3)4)35(23-41)15-8-9-16-35)37-32(38-29)30-25-12-10-18-36(31(25)47-39-30)17-7-6-14-27(36)43/h22,24,26H,6-21,23H2,1-5H3/t24-,26-,36+/m0/s1. The van der Waals surface area contributed by atoms with E-state index in [0.29, 0.717) is 49.5 Å². The molecule has 2 aromatic rings. The van der Waals surface area contributed by atoms with Crippen molar-refractivity contribution in [2.24, 2.45) is 0 Å². The van der Waals surface area contributed by atoms with Gasteiger partial charge < -0.3 is 18.9 Å². The van der Waals surface area contributed by atoms with Crippen LogP contribution in [0.2, 0.25) is 0 Å². The maximum Gasteiger partial charge on any atom is 0.410 e. The summed E-state index contributed by atoms with van der Waals surface area (Å²) in [5.74, 6) is 2.78. The number of fused-ring (bicyclic) bond motifs is 2. The molecule has 0 N–H and O–H groups in total. The molecule has 5 aliphatic rings. The summed E-state index contributed by atoms with van der Waals surface area (Å²) in [5.41, 5.74) is 0.164. The number of carbonyl (C=O) groups excluding carboxylic acids is 2. The van der Waals surface area contributed by atoms with Gasteiger partial charge in [0.15, 0.2) is 17.3 Å². The Kier molecular flexibility index (Phi) is 8.50. The van der Waals surface area contributed by atoms with Crippen molar-refractivity contribution in [1.29, 1.82) is 0 Å². The molecule has 3 atom stereocenters. The number of rotatable bonds is 5. The molecule has 256 valence electrons. The van der Waals surface area contributed by atoms with Gasteiger partial charge in [-0.2, -0.15) is 4.98 Å². The summed E-state index contributed by atoms with van der Waals surface area (Å²) in [6.07, 6.45) is 11.9. The molecule has 3 aliphatic carbocycles. The van der Waals surface area contributed by atoms with Crippen molar-refractivity contribution in [1.82, 2.24) is 24.9 Å². The number of ketones is 1. The predicted octanol–water partition coefficient (Wildman–Crippen LogP) is 6.08. The van der Waals surface area contributed by atoms with Crippen LogP contribution in [-0.4, -0.2) is 93.3 Å². The number of anilines is 1. The fraction of sp³-hybridized carbons (Fsp3) is 0.750. The van der Waals surface area contributed by atoms with Crippen molar-refractivity contribution >= 4 is 17.7 Å². The van der Waals surface area contributed by atoms with Crippen LogP contribution in [0.4, 0.5) is 10.6 Å². The van der Waals surface area contributed by atoms with Crippen LogP contribution in [0.5, 0.6) is 5.88 Å². The number of carbonyl (C=O) groups is 2. The molecule has 2 aliphatic heterocycles. The zero-order valence-electron chi connectivity index (χ0n) is 29.0. The Balaban J connectivity index is 1.24. The lowest BCUT2D eigenvalue weighted by molar-refractivity contribution is -0.128. The molecule has 2 spiro atoms. The van der Waals surface area contributed by atoms with Crippen LogP contribution in [0.25, 0.3) is 11.5 Å². The molecule has 4 heterocycles. The van der Waals surface area contributed by atoms with Crippen LogP contribution >= 0.6 is 0 Å². The van der Waals surface area contributed by atoms with E-state index in [1.807, 2.05) is 31.7 Å². The van der Waals surface area contributed by atoms with Gasteiger partial charge in [0.1, 0.15) is 23.3 Å². The number of piperazine rings is 1. The number of likely N-dealkylation sites (tertiary alicyclic amines) is 1. The van der Waals surface area contributed by atoms with Gasteiger partial charge in [-0.25, -0.2) is 9.78 Å². The molecule has 2 saturated carbocycles. The molecule has 0 bridgehead atoms. The summed E-state index contributed by atoms with van der Waals surface area (Å²) in [5, 5.41) is 4.58. The molecule has 0 unspecified atom stereocenters. The number of amides is 1. The smallest absolute Gasteiger partial charge is 0.410 e. The van der Waals surface area contributed by atoms with Crippen LogP contribution in [0.1, 0.15) is 116 Å². The minimum absolute atomic E-state index is 0.0577. The number of aromatic nitrogens is 3. The minimum atomic E-state index is -0.567. The molecule has 47 heavy (non-hydrogen) atoms. The fourth-order valence-electron chi connectivity index (χ4n) is 9.14. The molecule has 0 radical (unpaired) electrons. The van der Waals surface area contributed by atoms with E-state index in [9.17, 15) is 9.59 Å². The maximum atomic E-state index is 13.4. The molecule has 11 heteroatoms. The third kappa shape index (κ3) is 6.02. The highest BCUT2D eigenvalue weighted by atomic mass is 16.6. The average molecular weight is 649 g/mol. The van der Waals surface area contributed by atoms with Crippen LogP contribution in [0, 0.1) is 0 Å². The third-order valence-electron chi connectivity index (χ3n) is 11.5. The van der Waals surface area contributed by atoms with Crippen LogP contribution in [0.15, 0.2) is 10.6 Å². The van der Waals surface area contributed by atoms with Gasteiger partial charge in [0, 0.05) is 43.7 Å². The molecule has 4 fully saturated rings. The van der Waals surface area contributed by atoms with E-state index < -0.39 is 11.0 Å². The van der Waals surface area contributed by atoms with Crippen molar-refractivity contribution in [2.75, 3.05) is 38.1 Å². The third-order valence-corrected chi connectivity index (χ3v) is 11.5. The fourth-order valence-corrected chi connectivity index (χ4v) is 9.14. The van der Waals surface area contributed by atoms with E-state index in [2.05, 4.69) is 28.9 Å². The normalized spacial score (nSPS) is 27.0. The second-order valence-corrected chi connectivity index (χ2v) is 15.8. The van der Waals surface area contributed by atoms with E-state index in [1.54, 1.807) is 0 Å². The van der Waals surface area contributed by atoms with Crippen molar-refractivity contribution in [3.8, 4) is 17.4 Å². The first-order chi connectivity index (χ1) is 22.5. The first kappa shape index (κ1) is 32.3. The second kappa shape index (κ2) is 12.3. The van der Waals surface area contributed by atoms with Crippen LogP contribution in [0.3, 0.4) is 0 Å². The number of hydrogen-bond donors (Lipinski definition) is 0. The lowest BCUT2D eigenvalue weighted by atomic mass is 9.64. The summed E-state index contributed by atoms with van der Waals surface area (Å²) in [7, 11) is 2.16. The van der Waals surface area contributed by atoms with Gasteiger partial charge in [-0.05, 0) is 99.1 Å². The molecule has 7 rings (SSSR count). The zero-order valence-corrected chi connectivity index (χ0v) is 29.0. The zero-order chi connectivity index (χ0) is 33.0. The van der Waals surface area contributed by atoms with Crippen molar-refractivity contribution < 1.29 is 23.6 Å². The number of nitrogens with zero attached hydrogens (tertiary/aromatic N) is 6. The van der Waals surface area contributed by atoms with Gasteiger partial charge in [0.25, 0.3) is 0 Å². The topological polar surface area (TPSA) is 114 Å². The van der Waals surface area contributed by atoms with Crippen molar-refractivity contribution in [3.63, 3.8) is 0 Å². The van der Waals surface area contributed by atoms with E-state index in [0.717, 1.165) is 101 Å². The molecular formula is C36H52N6O5. The highest BCUT2D eigenvalue weighted by Crippen LogP contribution is 2.48. The maximum absolute atomic E-state index is 13.4. The lowest BCUT2D eigenvalue weighted by Crippen LogP contribution is -2.63. The van der Waals surface area contributed by atoms with Gasteiger partial charge in [0.05, 0.1) is 11.0 Å². The summed E-state index contributed by atoms with van der Waals surface area (Å²) in [4.78, 5) is 43.5. The van der Waals surface area contributed by atoms with Crippen LogP contribution < -0.4 is 9.64 Å². The monoisotopic (exact) mass is 648 g/mol. The van der Waals surface area contributed by atoms with Crippen molar-refractivity contribution in [2.45, 2.75) is 140 Å². The highest BCUT2D eigenvalue weighted by Gasteiger charge is 2.50. The number of Topliss-reactive ketones (excluding diaryl/α,β-unsaturated/α-hetero) is 1. The Morgan fingerprint density at radius 2 is 1.77 bits per heavy atom. The Morgan fingerprint density at radius 3 is 2.49 bits per heavy atom. The molecule has 1 amide bonds. The molecule has 2 aromatic heterocycles. The predicted molar refractivity (Wildman–Crippen MR) is 178 cm³/mol. The molecular weight excluding hydrogens is 596 g/mol. The minimum Gasteiger partial charge on any atom is -0.473 e. The Hall–Kier alpha value is -3.21. The van der Waals surface area contributed by atoms with Crippen molar-refractivity contribution in [3.05, 3.63) is 17.4 Å². The summed E-state index contributed by atoms with van der Waals surface area (Å²) < 4.78 is 18.6. The van der Waals surface area contributed by atoms with Gasteiger partial charge in [-0.1, -0.05) is 24.4 Å².